The molecular weight excluding hydrogens is 438 g/mol. The number of nitrogens with zero attached hydrogens (tertiary/aromatic N) is 1. The van der Waals surface area contributed by atoms with Gasteiger partial charge in [0.15, 0.2) is 5.78 Å². The normalized spacial score (nSPS) is 20.6. The Morgan fingerprint density at radius 2 is 1.59 bits per heavy atom. The maximum atomic E-state index is 13.6. The summed E-state index contributed by atoms with van der Waals surface area (Å²) in [7, 11) is 0. The first-order chi connectivity index (χ1) is 16.1. The Balaban J connectivity index is 1.43. The van der Waals surface area contributed by atoms with Crippen LogP contribution in [-0.4, -0.2) is 22.5 Å². The third-order valence-corrected chi connectivity index (χ3v) is 6.50. The van der Waals surface area contributed by atoms with Crippen LogP contribution in [0, 0.1) is 17.6 Å². The predicted molar refractivity (Wildman–Crippen MR) is 125 cm³/mol. The number of carbonyl (C=O) groups excluding carboxylic acids is 2. The summed E-state index contributed by atoms with van der Waals surface area (Å²) in [5.41, 5.74) is 2.18. The van der Waals surface area contributed by atoms with E-state index >= 15 is 0 Å². The fraction of sp³-hybridized carbons (Fsp3) is 0.519. The molecule has 0 saturated heterocycles. The molecule has 7 heteroatoms. The number of benzene rings is 1. The van der Waals surface area contributed by atoms with E-state index in [1.54, 1.807) is 20.8 Å². The molecule has 0 atom stereocenters. The van der Waals surface area contributed by atoms with E-state index in [1.165, 1.54) is 12.1 Å². The molecule has 0 bridgehead atoms. The summed E-state index contributed by atoms with van der Waals surface area (Å²) < 4.78 is 32.5. The number of nitrogens with one attached hydrogen (secondary N) is 1. The van der Waals surface area contributed by atoms with E-state index in [2.05, 4.69) is 10.3 Å². The van der Waals surface area contributed by atoms with Crippen LogP contribution < -0.4 is 5.32 Å². The molecule has 5 nitrogen and oxygen atoms in total. The van der Waals surface area contributed by atoms with E-state index in [1.807, 2.05) is 12.1 Å². The number of alkyl carbamates (subject to hydrolysis) is 1. The molecule has 0 unspecified atom stereocenters. The Labute approximate surface area is 199 Å². The zero-order chi connectivity index (χ0) is 24.5. The van der Waals surface area contributed by atoms with Crippen LogP contribution in [0.4, 0.5) is 13.6 Å². The molecule has 182 valence electrons. The van der Waals surface area contributed by atoms with Crippen molar-refractivity contribution in [2.75, 3.05) is 0 Å². The van der Waals surface area contributed by atoms with E-state index in [0.717, 1.165) is 24.5 Å². The largest absolute Gasteiger partial charge is 0.444 e. The number of hydrogen-bond donors (Lipinski definition) is 1. The zero-order valence-electron chi connectivity index (χ0n) is 20.0. The summed E-state index contributed by atoms with van der Waals surface area (Å²) in [5, 5.41) is 2.70. The molecule has 1 amide bonds. The lowest BCUT2D eigenvalue weighted by Crippen LogP contribution is -2.32. The molecule has 1 aromatic carbocycles. The highest BCUT2D eigenvalue weighted by molar-refractivity contribution is 5.97. The van der Waals surface area contributed by atoms with Gasteiger partial charge in [0, 0.05) is 12.0 Å². The van der Waals surface area contributed by atoms with Crippen molar-refractivity contribution in [1.82, 2.24) is 10.3 Å². The van der Waals surface area contributed by atoms with E-state index < -0.39 is 23.3 Å². The van der Waals surface area contributed by atoms with Crippen molar-refractivity contribution in [2.45, 2.75) is 83.3 Å². The van der Waals surface area contributed by atoms with E-state index in [0.29, 0.717) is 48.6 Å². The molecule has 2 aliphatic carbocycles. The summed E-state index contributed by atoms with van der Waals surface area (Å²) >= 11 is 0. The summed E-state index contributed by atoms with van der Waals surface area (Å²) in [6, 6.07) is 7.49. The summed E-state index contributed by atoms with van der Waals surface area (Å²) in [4.78, 5) is 30.1. The fourth-order valence-corrected chi connectivity index (χ4v) is 4.70. The van der Waals surface area contributed by atoms with E-state index in [-0.39, 0.29) is 24.2 Å². The van der Waals surface area contributed by atoms with Crippen molar-refractivity contribution in [3.05, 3.63) is 64.5 Å². The maximum Gasteiger partial charge on any atom is 0.407 e. The molecule has 0 aliphatic heterocycles. The van der Waals surface area contributed by atoms with Crippen LogP contribution in [0.3, 0.4) is 0 Å². The third kappa shape index (κ3) is 6.19. The Kier molecular flexibility index (Phi) is 7.01. The summed E-state index contributed by atoms with van der Waals surface area (Å²) in [5.74, 6) is -0.842. The highest BCUT2D eigenvalue weighted by atomic mass is 19.1. The van der Waals surface area contributed by atoms with Crippen LogP contribution in [0.5, 0.6) is 0 Å². The third-order valence-electron chi connectivity index (χ3n) is 6.50. The van der Waals surface area contributed by atoms with Crippen molar-refractivity contribution in [3.63, 3.8) is 0 Å². The first-order valence-corrected chi connectivity index (χ1v) is 12.1. The number of hydrogen-bond acceptors (Lipinski definition) is 4. The van der Waals surface area contributed by atoms with Crippen molar-refractivity contribution >= 4 is 11.9 Å². The molecule has 0 spiro atoms. The first kappa shape index (κ1) is 24.3. The quantitative estimate of drug-likeness (QED) is 0.495. The maximum absolute atomic E-state index is 13.6. The second kappa shape index (κ2) is 9.80. The number of pyridine rings is 1. The van der Waals surface area contributed by atoms with E-state index in [9.17, 15) is 18.4 Å². The number of aromatic nitrogens is 1. The van der Waals surface area contributed by atoms with Gasteiger partial charge in [-0.25, -0.2) is 18.6 Å². The molecular formula is C27H32F2N2O3. The van der Waals surface area contributed by atoms with Crippen LogP contribution in [0.15, 0.2) is 30.3 Å². The van der Waals surface area contributed by atoms with Gasteiger partial charge in [0.25, 0.3) is 0 Å². The topological polar surface area (TPSA) is 68.3 Å². The lowest BCUT2D eigenvalue weighted by Gasteiger charge is -2.28. The molecule has 2 aromatic rings. The van der Waals surface area contributed by atoms with Gasteiger partial charge in [0.05, 0.1) is 12.2 Å². The minimum atomic E-state index is -0.593. The Hall–Kier alpha value is -2.83. The van der Waals surface area contributed by atoms with E-state index in [4.69, 9.17) is 4.74 Å². The van der Waals surface area contributed by atoms with Gasteiger partial charge >= 0.3 is 6.09 Å². The molecule has 2 aliphatic rings. The Bertz CT molecular complexity index is 1050. The Morgan fingerprint density at radius 1 is 0.971 bits per heavy atom. The molecule has 2 saturated carbocycles. The smallest absolute Gasteiger partial charge is 0.407 e. The van der Waals surface area contributed by atoms with Gasteiger partial charge < -0.3 is 10.1 Å². The van der Waals surface area contributed by atoms with Crippen LogP contribution in [-0.2, 0) is 11.3 Å². The molecule has 0 radical (unpaired) electrons. The highest BCUT2D eigenvalue weighted by Crippen LogP contribution is 2.43. The standard InChI is InChI=1S/C27H32F2N2O3/c1-27(2,3)34-26(33)30-15-22-10-11-23(17-6-7-17)24(31-22)25(32)18-8-4-16(5-9-18)19-12-20(28)14-21(29)13-19/h10-14,16-18H,4-9,15H2,1-3H3,(H,30,33). The van der Waals surface area contributed by atoms with Crippen molar-refractivity contribution in [2.24, 2.45) is 5.92 Å². The van der Waals surface area contributed by atoms with Crippen molar-refractivity contribution in [3.8, 4) is 0 Å². The molecule has 1 N–H and O–H groups in total. The van der Waals surface area contributed by atoms with Crippen LogP contribution in [0.1, 0.15) is 98.4 Å². The van der Waals surface area contributed by atoms with Crippen molar-refractivity contribution in [1.29, 1.82) is 0 Å². The fourth-order valence-electron chi connectivity index (χ4n) is 4.70. The molecule has 2 fully saturated rings. The van der Waals surface area contributed by atoms with Crippen LogP contribution in [0.2, 0.25) is 0 Å². The van der Waals surface area contributed by atoms with Gasteiger partial charge in [-0.15, -0.1) is 0 Å². The number of halogens is 2. The van der Waals surface area contributed by atoms with Gasteiger partial charge in [0.1, 0.15) is 22.9 Å². The average Bonchev–Trinajstić information content (AvgIpc) is 3.61. The molecule has 1 aromatic heterocycles. The first-order valence-electron chi connectivity index (χ1n) is 12.1. The van der Waals surface area contributed by atoms with Gasteiger partial charge in [-0.2, -0.15) is 0 Å². The lowest BCUT2D eigenvalue weighted by molar-refractivity contribution is 0.0523. The van der Waals surface area contributed by atoms with Crippen molar-refractivity contribution < 1.29 is 23.1 Å². The van der Waals surface area contributed by atoms with Crippen LogP contribution >= 0.6 is 0 Å². The highest BCUT2D eigenvalue weighted by Gasteiger charge is 2.34. The molecule has 34 heavy (non-hydrogen) atoms. The predicted octanol–water partition coefficient (Wildman–Crippen LogP) is 6.42. The minimum Gasteiger partial charge on any atom is -0.444 e. The number of carbonyl (C=O) groups is 2. The number of amides is 1. The van der Waals surface area contributed by atoms with Crippen LogP contribution in [0.25, 0.3) is 0 Å². The van der Waals surface area contributed by atoms with Gasteiger partial charge in [0.2, 0.25) is 0 Å². The zero-order valence-corrected chi connectivity index (χ0v) is 20.0. The summed E-state index contributed by atoms with van der Waals surface area (Å²) in [6.45, 7) is 5.57. The second-order valence-corrected chi connectivity index (χ2v) is 10.5. The number of rotatable bonds is 6. The second-order valence-electron chi connectivity index (χ2n) is 10.5. The minimum absolute atomic E-state index is 0.0323. The van der Waals surface area contributed by atoms with Gasteiger partial charge in [-0.05, 0) is 100 Å². The van der Waals surface area contributed by atoms with Gasteiger partial charge in [-0.1, -0.05) is 6.07 Å². The summed E-state index contributed by atoms with van der Waals surface area (Å²) in [6.07, 6.45) is 4.31. The number of ether oxygens (including phenoxy) is 1. The average molecular weight is 471 g/mol. The molecule has 4 rings (SSSR count). The monoisotopic (exact) mass is 470 g/mol. The molecule has 1 heterocycles. The van der Waals surface area contributed by atoms with Gasteiger partial charge in [-0.3, -0.25) is 4.79 Å². The SMILES string of the molecule is CC(C)(C)OC(=O)NCc1ccc(C2CC2)c(C(=O)C2CCC(c3cc(F)cc(F)c3)CC2)n1. The Morgan fingerprint density at radius 3 is 2.18 bits per heavy atom. The number of ketones is 1. The lowest BCUT2D eigenvalue weighted by atomic mass is 9.76. The number of Topliss-reactive ketones (excluding diaryl/α,β-unsaturated/α-hetero) is 1.